The standard InChI is InChI=1S/C24H23ClFN5O4S/c1-12-3-14(15-4-20(25)28-8-18(15)35-2)16(7-27-12)21(33)30-23-29-17-9-31(10-19(17)36-23)22(34)13-5-24(26,6-13)11-32/h3-4,7-8,13,32H,5-6,9-11H2,1-2H3,(H,29,30,33). The molecule has 2 aliphatic rings. The molecule has 5 rings (SSSR count). The number of aliphatic hydroxyl groups is 1. The highest BCUT2D eigenvalue weighted by Crippen LogP contribution is 2.43. The molecule has 1 saturated carbocycles. The smallest absolute Gasteiger partial charge is 0.259 e. The van der Waals surface area contributed by atoms with Gasteiger partial charge in [-0.15, -0.1) is 0 Å². The second-order valence-corrected chi connectivity index (χ2v) is 10.5. The number of fused-ring (bicyclic) bond motifs is 1. The first kappa shape index (κ1) is 24.5. The van der Waals surface area contributed by atoms with Crippen LogP contribution in [-0.2, 0) is 17.9 Å². The first-order valence-electron chi connectivity index (χ1n) is 11.2. The SMILES string of the molecule is COc1cnc(Cl)cc1-c1cc(C)ncc1C(=O)Nc1nc2c(s1)CN(C(=O)C1CC(F)(CO)C1)C2. The number of carbonyl (C=O) groups excluding carboxylic acids is 2. The second-order valence-electron chi connectivity index (χ2n) is 9.03. The Bertz CT molecular complexity index is 1340. The van der Waals surface area contributed by atoms with Crippen LogP contribution in [0.5, 0.6) is 5.75 Å². The molecular formula is C24H23ClFN5O4S. The van der Waals surface area contributed by atoms with Gasteiger partial charge in [0.25, 0.3) is 5.91 Å². The molecule has 0 saturated heterocycles. The number of rotatable bonds is 6. The summed E-state index contributed by atoms with van der Waals surface area (Å²) in [5.41, 5.74) is 1.30. The van der Waals surface area contributed by atoms with Gasteiger partial charge >= 0.3 is 0 Å². The molecule has 0 spiro atoms. The molecule has 0 aromatic carbocycles. The molecule has 1 aliphatic heterocycles. The van der Waals surface area contributed by atoms with Crippen molar-refractivity contribution >= 4 is 39.9 Å². The zero-order chi connectivity index (χ0) is 25.6. The van der Waals surface area contributed by atoms with Gasteiger partial charge in [-0.2, -0.15) is 0 Å². The van der Waals surface area contributed by atoms with Crippen LogP contribution in [0.4, 0.5) is 9.52 Å². The number of amides is 2. The van der Waals surface area contributed by atoms with Crippen molar-refractivity contribution in [2.75, 3.05) is 19.0 Å². The third-order valence-electron chi connectivity index (χ3n) is 6.47. The zero-order valence-electron chi connectivity index (χ0n) is 19.5. The fraction of sp³-hybridized carbons (Fsp3) is 0.375. The Balaban J connectivity index is 1.31. The van der Waals surface area contributed by atoms with E-state index in [2.05, 4.69) is 20.3 Å². The van der Waals surface area contributed by atoms with Crippen LogP contribution in [-0.4, -0.2) is 56.2 Å². The van der Waals surface area contributed by atoms with E-state index in [4.69, 9.17) is 21.4 Å². The van der Waals surface area contributed by atoms with E-state index in [-0.39, 0.29) is 23.9 Å². The Labute approximate surface area is 215 Å². The number of halogens is 2. The second kappa shape index (κ2) is 9.38. The largest absolute Gasteiger partial charge is 0.494 e. The van der Waals surface area contributed by atoms with Gasteiger partial charge in [0, 0.05) is 28.9 Å². The Kier molecular flexibility index (Phi) is 6.39. The van der Waals surface area contributed by atoms with Crippen molar-refractivity contribution < 1.29 is 23.8 Å². The predicted octanol–water partition coefficient (Wildman–Crippen LogP) is 3.78. The monoisotopic (exact) mass is 531 g/mol. The first-order valence-corrected chi connectivity index (χ1v) is 12.4. The van der Waals surface area contributed by atoms with Crippen molar-refractivity contribution in [3.05, 3.63) is 51.5 Å². The van der Waals surface area contributed by atoms with Crippen LogP contribution >= 0.6 is 22.9 Å². The van der Waals surface area contributed by atoms with E-state index in [0.29, 0.717) is 52.0 Å². The number of aryl methyl sites for hydroxylation is 1. The zero-order valence-corrected chi connectivity index (χ0v) is 21.1. The summed E-state index contributed by atoms with van der Waals surface area (Å²) in [6, 6.07) is 3.41. The van der Waals surface area contributed by atoms with E-state index in [1.54, 1.807) is 17.0 Å². The minimum atomic E-state index is -1.64. The summed E-state index contributed by atoms with van der Waals surface area (Å²) in [6.45, 7) is 1.92. The summed E-state index contributed by atoms with van der Waals surface area (Å²) in [5.74, 6) is -0.479. The Morgan fingerprint density at radius 1 is 1.28 bits per heavy atom. The Hall–Kier alpha value is -3.15. The molecule has 1 fully saturated rings. The summed E-state index contributed by atoms with van der Waals surface area (Å²) in [7, 11) is 1.51. The molecule has 2 N–H and O–H groups in total. The number of thiazole rings is 1. The lowest BCUT2D eigenvalue weighted by atomic mass is 9.72. The number of carbonyl (C=O) groups is 2. The molecule has 3 aromatic heterocycles. The molecule has 36 heavy (non-hydrogen) atoms. The van der Waals surface area contributed by atoms with Crippen molar-refractivity contribution in [1.82, 2.24) is 19.9 Å². The van der Waals surface area contributed by atoms with Gasteiger partial charge < -0.3 is 14.7 Å². The molecule has 0 unspecified atom stereocenters. The van der Waals surface area contributed by atoms with Gasteiger partial charge in [0.15, 0.2) is 5.13 Å². The number of pyridine rings is 2. The lowest BCUT2D eigenvalue weighted by molar-refractivity contribution is -0.147. The number of methoxy groups -OCH3 is 1. The molecule has 2 amide bonds. The highest BCUT2D eigenvalue weighted by atomic mass is 35.5. The van der Waals surface area contributed by atoms with Crippen LogP contribution < -0.4 is 10.1 Å². The minimum absolute atomic E-state index is 0.0433. The van der Waals surface area contributed by atoms with Crippen LogP contribution in [0.15, 0.2) is 24.5 Å². The van der Waals surface area contributed by atoms with Gasteiger partial charge in [0.2, 0.25) is 5.91 Å². The number of hydrogen-bond donors (Lipinski definition) is 2. The van der Waals surface area contributed by atoms with Crippen LogP contribution in [0.2, 0.25) is 5.15 Å². The maximum absolute atomic E-state index is 14.0. The number of anilines is 1. The topological polar surface area (TPSA) is 118 Å². The fourth-order valence-electron chi connectivity index (χ4n) is 4.55. The number of aliphatic hydroxyl groups excluding tert-OH is 1. The average Bonchev–Trinajstić information content (AvgIpc) is 3.40. The normalized spacial score (nSPS) is 20.6. The highest BCUT2D eigenvalue weighted by molar-refractivity contribution is 7.16. The minimum Gasteiger partial charge on any atom is -0.494 e. The molecule has 1 aliphatic carbocycles. The van der Waals surface area contributed by atoms with Gasteiger partial charge in [0.05, 0.1) is 49.1 Å². The molecule has 188 valence electrons. The number of hydrogen-bond acceptors (Lipinski definition) is 8. The maximum atomic E-state index is 14.0. The van der Waals surface area contributed by atoms with Gasteiger partial charge in [-0.3, -0.25) is 19.9 Å². The highest BCUT2D eigenvalue weighted by Gasteiger charge is 2.49. The van der Waals surface area contributed by atoms with E-state index >= 15 is 0 Å². The molecule has 12 heteroatoms. The first-order chi connectivity index (χ1) is 17.2. The van der Waals surface area contributed by atoms with Crippen molar-refractivity contribution in [2.24, 2.45) is 5.92 Å². The lowest BCUT2D eigenvalue weighted by Crippen LogP contribution is -2.49. The van der Waals surface area contributed by atoms with Gasteiger partial charge in [-0.1, -0.05) is 22.9 Å². The van der Waals surface area contributed by atoms with Crippen molar-refractivity contribution in [3.8, 4) is 16.9 Å². The Morgan fingerprint density at radius 2 is 2.06 bits per heavy atom. The third-order valence-corrected chi connectivity index (χ3v) is 7.68. The van der Waals surface area contributed by atoms with Crippen LogP contribution in [0, 0.1) is 12.8 Å². The number of aromatic nitrogens is 3. The molecule has 0 atom stereocenters. The number of nitrogens with zero attached hydrogens (tertiary/aromatic N) is 4. The van der Waals surface area contributed by atoms with Crippen molar-refractivity contribution in [3.63, 3.8) is 0 Å². The molecular weight excluding hydrogens is 509 g/mol. The van der Waals surface area contributed by atoms with E-state index < -0.39 is 24.1 Å². The lowest BCUT2D eigenvalue weighted by Gasteiger charge is -2.40. The van der Waals surface area contributed by atoms with Crippen molar-refractivity contribution in [2.45, 2.75) is 38.5 Å². The molecule has 9 nitrogen and oxygen atoms in total. The summed E-state index contributed by atoms with van der Waals surface area (Å²) in [4.78, 5) is 41.2. The van der Waals surface area contributed by atoms with Gasteiger partial charge in [-0.25, -0.2) is 14.4 Å². The maximum Gasteiger partial charge on any atom is 0.259 e. The average molecular weight is 532 g/mol. The molecule has 0 radical (unpaired) electrons. The molecule has 3 aromatic rings. The summed E-state index contributed by atoms with van der Waals surface area (Å²) < 4.78 is 19.4. The summed E-state index contributed by atoms with van der Waals surface area (Å²) >= 11 is 7.40. The quantitative estimate of drug-likeness (QED) is 0.465. The summed E-state index contributed by atoms with van der Waals surface area (Å²) in [5, 5.41) is 12.6. The van der Waals surface area contributed by atoms with Crippen molar-refractivity contribution in [1.29, 1.82) is 0 Å². The fourth-order valence-corrected chi connectivity index (χ4v) is 5.69. The van der Waals surface area contributed by atoms with Gasteiger partial charge in [0.1, 0.15) is 16.6 Å². The van der Waals surface area contributed by atoms with Crippen LogP contribution in [0.1, 0.15) is 39.5 Å². The predicted molar refractivity (Wildman–Crippen MR) is 132 cm³/mol. The van der Waals surface area contributed by atoms with E-state index in [1.165, 1.54) is 30.8 Å². The van der Waals surface area contributed by atoms with E-state index in [1.807, 2.05) is 6.92 Å². The number of ether oxygens (including phenoxy) is 1. The van der Waals surface area contributed by atoms with E-state index in [0.717, 1.165) is 4.88 Å². The number of nitrogens with one attached hydrogen (secondary N) is 1. The van der Waals surface area contributed by atoms with Crippen LogP contribution in [0.25, 0.3) is 11.1 Å². The number of alkyl halides is 1. The molecule has 0 bridgehead atoms. The molecule has 4 heterocycles. The summed E-state index contributed by atoms with van der Waals surface area (Å²) in [6.07, 6.45) is 3.07. The Morgan fingerprint density at radius 3 is 2.75 bits per heavy atom. The van der Waals surface area contributed by atoms with Gasteiger partial charge in [-0.05, 0) is 31.9 Å². The van der Waals surface area contributed by atoms with Crippen LogP contribution in [0.3, 0.4) is 0 Å². The van der Waals surface area contributed by atoms with E-state index in [9.17, 15) is 14.0 Å². The third kappa shape index (κ3) is 4.54.